The first kappa shape index (κ1) is 15.8. The highest BCUT2D eigenvalue weighted by Gasteiger charge is 2.79. The van der Waals surface area contributed by atoms with Gasteiger partial charge in [-0.05, 0) is 38.0 Å². The predicted molar refractivity (Wildman–Crippen MR) is 68.5 cm³/mol. The molecular weight excluding hydrogens is 322 g/mol. The van der Waals surface area contributed by atoms with E-state index in [1.165, 1.54) is 0 Å². The number of esters is 1. The summed E-state index contributed by atoms with van der Waals surface area (Å²) in [6.07, 6.45) is 3.17. The number of hydrogen-bond acceptors (Lipinski definition) is 5. The number of carbonyl (C=O) groups is 2. The van der Waals surface area contributed by atoms with Gasteiger partial charge in [-0.2, -0.15) is 17.2 Å². The highest BCUT2D eigenvalue weighted by molar-refractivity contribution is 7.87. The Morgan fingerprint density at radius 3 is 2.41 bits per heavy atom. The lowest BCUT2D eigenvalue weighted by Gasteiger charge is -2.37. The first-order valence-corrected chi connectivity index (χ1v) is 8.37. The fourth-order valence-corrected chi connectivity index (χ4v) is 4.71. The number of alkyl halides is 2. The van der Waals surface area contributed by atoms with Gasteiger partial charge < -0.3 is 9.53 Å². The monoisotopic (exact) mass is 338 g/mol. The molecule has 4 saturated carbocycles. The van der Waals surface area contributed by atoms with E-state index in [1.807, 2.05) is 0 Å². The van der Waals surface area contributed by atoms with Gasteiger partial charge in [0.15, 0.2) is 0 Å². The van der Waals surface area contributed by atoms with Gasteiger partial charge in [0.25, 0.3) is 0 Å². The van der Waals surface area contributed by atoms with E-state index >= 15 is 0 Å². The molecule has 0 radical (unpaired) electrons. The standard InChI is InChI=1S/C13H16F2O6S/c1-10(7-16)2-8-3-11(4-8)6-12(11,5-10)21-9(17)13(14,15)22(18,19)20/h7-8H,2-6H2,1H3,(H,18,19,20). The normalized spacial score (nSPS) is 43.4. The van der Waals surface area contributed by atoms with E-state index in [2.05, 4.69) is 0 Å². The Kier molecular flexibility index (Phi) is 2.91. The van der Waals surface area contributed by atoms with Gasteiger partial charge in [0.2, 0.25) is 0 Å². The number of hydrogen-bond donors (Lipinski definition) is 1. The van der Waals surface area contributed by atoms with Gasteiger partial charge in [-0.25, -0.2) is 4.79 Å². The van der Waals surface area contributed by atoms with Crippen molar-refractivity contribution >= 4 is 22.4 Å². The zero-order valence-electron chi connectivity index (χ0n) is 11.8. The lowest BCUT2D eigenvalue weighted by Crippen LogP contribution is -2.44. The van der Waals surface area contributed by atoms with Crippen molar-refractivity contribution < 1.29 is 36.1 Å². The summed E-state index contributed by atoms with van der Waals surface area (Å²) in [6, 6.07) is 0. The van der Waals surface area contributed by atoms with Crippen LogP contribution in [0, 0.1) is 16.7 Å². The van der Waals surface area contributed by atoms with E-state index in [0.29, 0.717) is 31.6 Å². The molecule has 0 aromatic carbocycles. The minimum atomic E-state index is -5.89. The molecule has 4 aliphatic carbocycles. The van der Waals surface area contributed by atoms with E-state index in [0.717, 1.165) is 6.29 Å². The Morgan fingerprint density at radius 1 is 1.32 bits per heavy atom. The Bertz CT molecular complexity index is 653. The van der Waals surface area contributed by atoms with Crippen molar-refractivity contribution in [2.75, 3.05) is 0 Å². The molecule has 9 heteroatoms. The number of aldehydes is 1. The lowest BCUT2D eigenvalue weighted by molar-refractivity contribution is -0.175. The summed E-state index contributed by atoms with van der Waals surface area (Å²) in [5.41, 5.74) is -2.42. The van der Waals surface area contributed by atoms with Crippen molar-refractivity contribution in [2.24, 2.45) is 16.7 Å². The molecule has 1 spiro atoms. The minimum Gasteiger partial charge on any atom is -0.453 e. The Balaban J connectivity index is 1.86. The molecule has 4 rings (SSSR count). The number of rotatable bonds is 4. The van der Waals surface area contributed by atoms with Crippen molar-refractivity contribution in [3.05, 3.63) is 0 Å². The van der Waals surface area contributed by atoms with Crippen molar-refractivity contribution in [3.8, 4) is 0 Å². The second-order valence-electron chi connectivity index (χ2n) is 7.26. The van der Waals surface area contributed by atoms with E-state index < -0.39 is 37.8 Å². The molecule has 2 bridgehead atoms. The average molecular weight is 338 g/mol. The van der Waals surface area contributed by atoms with Crippen molar-refractivity contribution in [2.45, 2.75) is 49.9 Å². The first-order valence-electron chi connectivity index (χ1n) is 6.93. The third kappa shape index (κ3) is 1.94. The van der Waals surface area contributed by atoms with Crippen LogP contribution in [0.3, 0.4) is 0 Å². The van der Waals surface area contributed by atoms with E-state index in [4.69, 9.17) is 9.29 Å². The quantitative estimate of drug-likeness (QED) is 0.474. The highest BCUT2D eigenvalue weighted by Crippen LogP contribution is 2.78. The Labute approximate surface area is 125 Å². The molecule has 124 valence electrons. The maximum atomic E-state index is 13.4. The summed E-state index contributed by atoms with van der Waals surface area (Å²) in [5, 5.41) is -5.00. The zero-order valence-corrected chi connectivity index (χ0v) is 12.7. The SMILES string of the molecule is CC1(C=O)CC2CC3(C2)CC3(OC(=O)C(F)(F)S(=O)(=O)O)C1. The van der Waals surface area contributed by atoms with Gasteiger partial charge in [-0.15, -0.1) is 0 Å². The molecule has 2 unspecified atom stereocenters. The smallest absolute Gasteiger partial charge is 0.453 e. The topological polar surface area (TPSA) is 97.7 Å². The van der Waals surface area contributed by atoms with Gasteiger partial charge in [-0.1, -0.05) is 6.92 Å². The number of ether oxygens (including phenoxy) is 1. The fraction of sp³-hybridized carbons (Fsp3) is 0.846. The molecule has 1 N–H and O–H groups in total. The molecule has 0 heterocycles. The fourth-order valence-electron chi connectivity index (χ4n) is 4.45. The van der Waals surface area contributed by atoms with Crippen LogP contribution in [-0.4, -0.2) is 36.1 Å². The highest BCUT2D eigenvalue weighted by atomic mass is 32.2. The molecule has 6 nitrogen and oxygen atoms in total. The molecule has 4 fully saturated rings. The van der Waals surface area contributed by atoms with E-state index in [9.17, 15) is 26.8 Å². The molecule has 2 atom stereocenters. The van der Waals surface area contributed by atoms with Crippen LogP contribution >= 0.6 is 0 Å². The van der Waals surface area contributed by atoms with Crippen molar-refractivity contribution in [3.63, 3.8) is 0 Å². The Hall–Kier alpha value is -1.09. The largest absolute Gasteiger partial charge is 0.465 e. The van der Waals surface area contributed by atoms with Crippen LogP contribution in [0.2, 0.25) is 0 Å². The van der Waals surface area contributed by atoms with E-state index in [1.54, 1.807) is 6.92 Å². The molecule has 4 aliphatic rings. The van der Waals surface area contributed by atoms with Crippen LogP contribution in [0.4, 0.5) is 8.78 Å². The second kappa shape index (κ2) is 4.05. The molecule has 0 saturated heterocycles. The molecule has 0 aromatic heterocycles. The number of carbonyl (C=O) groups excluding carboxylic acids is 2. The Morgan fingerprint density at radius 2 is 1.91 bits per heavy atom. The predicted octanol–water partition coefficient (Wildman–Crippen LogP) is 1.55. The molecular formula is C13H16F2O6S. The maximum absolute atomic E-state index is 13.4. The molecule has 0 aliphatic heterocycles. The lowest BCUT2D eigenvalue weighted by atomic mass is 9.68. The molecule has 0 amide bonds. The number of fused-ring (bicyclic) bond motifs is 2. The summed E-state index contributed by atoms with van der Waals surface area (Å²) in [5.74, 6) is -1.98. The van der Waals surface area contributed by atoms with Crippen LogP contribution in [0.5, 0.6) is 0 Å². The van der Waals surface area contributed by atoms with Gasteiger partial charge in [0.1, 0.15) is 11.9 Å². The molecule has 22 heavy (non-hydrogen) atoms. The first-order chi connectivity index (χ1) is 9.89. The van der Waals surface area contributed by atoms with Gasteiger partial charge in [0, 0.05) is 10.8 Å². The van der Waals surface area contributed by atoms with Crippen molar-refractivity contribution in [1.29, 1.82) is 0 Å². The summed E-state index contributed by atoms with van der Waals surface area (Å²) >= 11 is 0. The third-order valence-corrected chi connectivity index (χ3v) is 6.22. The summed E-state index contributed by atoms with van der Waals surface area (Å²) in [7, 11) is -5.89. The summed E-state index contributed by atoms with van der Waals surface area (Å²) < 4.78 is 61.4. The van der Waals surface area contributed by atoms with Gasteiger partial charge in [0.05, 0.1) is 0 Å². The average Bonchev–Trinajstić information content (AvgIpc) is 2.96. The minimum absolute atomic E-state index is 0.104. The van der Waals surface area contributed by atoms with Crippen LogP contribution < -0.4 is 0 Å². The van der Waals surface area contributed by atoms with Gasteiger partial charge >= 0.3 is 21.3 Å². The third-order valence-electron chi connectivity index (χ3n) is 5.40. The molecule has 0 aromatic rings. The summed E-state index contributed by atoms with van der Waals surface area (Å²) in [4.78, 5) is 22.9. The maximum Gasteiger partial charge on any atom is 0.465 e. The van der Waals surface area contributed by atoms with Crippen molar-refractivity contribution in [1.82, 2.24) is 0 Å². The zero-order chi connectivity index (χ0) is 16.6. The second-order valence-corrected chi connectivity index (χ2v) is 8.72. The van der Waals surface area contributed by atoms with Crippen LogP contribution in [0.15, 0.2) is 0 Å². The summed E-state index contributed by atoms with van der Waals surface area (Å²) in [6.45, 7) is 1.68. The van der Waals surface area contributed by atoms with Crippen LogP contribution in [0.1, 0.15) is 39.0 Å². The van der Waals surface area contributed by atoms with E-state index in [-0.39, 0.29) is 6.42 Å². The van der Waals surface area contributed by atoms with Crippen LogP contribution in [0.25, 0.3) is 0 Å². The van der Waals surface area contributed by atoms with Crippen LogP contribution in [-0.2, 0) is 24.4 Å². The van der Waals surface area contributed by atoms with Gasteiger partial charge in [-0.3, -0.25) is 4.55 Å². The number of halogens is 2.